The normalized spacial score (nSPS) is 10.6. The second-order valence-corrected chi connectivity index (χ2v) is 5.12. The van der Waals surface area contributed by atoms with Gasteiger partial charge in [-0.15, -0.1) is 5.10 Å². The fourth-order valence-corrected chi connectivity index (χ4v) is 2.33. The number of hydrogen-bond donors (Lipinski definition) is 2. The Balaban J connectivity index is 1.83. The average molecular weight is 309 g/mol. The van der Waals surface area contributed by atoms with E-state index in [1.807, 2.05) is 36.4 Å². The van der Waals surface area contributed by atoms with Gasteiger partial charge in [0.15, 0.2) is 0 Å². The predicted octanol–water partition coefficient (Wildman–Crippen LogP) is 0.682. The first-order chi connectivity index (χ1) is 11.2. The van der Waals surface area contributed by atoms with Crippen LogP contribution in [0.1, 0.15) is 5.56 Å². The molecule has 3 rings (SSSR count). The number of hydrogen-bond acceptors (Lipinski definition) is 5. The molecule has 0 aliphatic carbocycles. The Kier molecular flexibility index (Phi) is 4.41. The first kappa shape index (κ1) is 15.3. The third-order valence-corrected chi connectivity index (χ3v) is 3.61. The van der Waals surface area contributed by atoms with Gasteiger partial charge in [-0.25, -0.2) is 4.68 Å². The zero-order valence-corrected chi connectivity index (χ0v) is 12.6. The lowest BCUT2D eigenvalue weighted by atomic mass is 9.80. The van der Waals surface area contributed by atoms with E-state index in [1.54, 1.807) is 30.1 Å². The zero-order valence-electron chi connectivity index (χ0n) is 12.6. The monoisotopic (exact) mass is 309 g/mol. The van der Waals surface area contributed by atoms with E-state index in [9.17, 15) is 0 Å². The Labute approximate surface area is 134 Å². The summed E-state index contributed by atoms with van der Waals surface area (Å²) < 4.78 is 6.95. The van der Waals surface area contributed by atoms with Gasteiger partial charge in [0, 0.05) is 5.56 Å². The third-order valence-electron chi connectivity index (χ3n) is 3.61. The molecule has 23 heavy (non-hydrogen) atoms. The van der Waals surface area contributed by atoms with E-state index >= 15 is 0 Å². The van der Waals surface area contributed by atoms with Gasteiger partial charge in [0.25, 0.3) is 0 Å². The van der Waals surface area contributed by atoms with Gasteiger partial charge in [0.2, 0.25) is 0 Å². The molecule has 0 saturated heterocycles. The van der Waals surface area contributed by atoms with Crippen molar-refractivity contribution in [2.75, 3.05) is 7.11 Å². The summed E-state index contributed by atoms with van der Waals surface area (Å²) in [5, 5.41) is 26.4. The maximum Gasteiger partial charge on any atom is 0.488 e. The van der Waals surface area contributed by atoms with Gasteiger partial charge in [-0.2, -0.15) is 0 Å². The van der Waals surface area contributed by atoms with Crippen LogP contribution in [-0.4, -0.2) is 39.3 Å². The quantitative estimate of drug-likeness (QED) is 0.678. The highest BCUT2D eigenvalue weighted by Gasteiger charge is 2.12. The molecule has 116 valence electrons. The minimum Gasteiger partial charge on any atom is -0.497 e. The van der Waals surface area contributed by atoms with Crippen molar-refractivity contribution in [2.45, 2.75) is 6.54 Å². The Morgan fingerprint density at radius 3 is 2.35 bits per heavy atom. The number of rotatable bonds is 5. The van der Waals surface area contributed by atoms with Crippen molar-refractivity contribution < 1.29 is 14.8 Å². The number of aromatic nitrogens is 3. The van der Waals surface area contributed by atoms with Gasteiger partial charge >= 0.3 is 7.12 Å². The van der Waals surface area contributed by atoms with Crippen LogP contribution < -0.4 is 10.2 Å². The molecule has 6 nitrogen and oxygen atoms in total. The van der Waals surface area contributed by atoms with Gasteiger partial charge in [-0.05, 0) is 23.2 Å². The van der Waals surface area contributed by atoms with Crippen LogP contribution in [0.15, 0.2) is 54.7 Å². The molecular formula is C16H16BN3O3. The van der Waals surface area contributed by atoms with E-state index in [-0.39, 0.29) is 0 Å². The lowest BCUT2D eigenvalue weighted by Crippen LogP contribution is -2.29. The van der Waals surface area contributed by atoms with E-state index in [0.29, 0.717) is 12.0 Å². The minimum atomic E-state index is -1.47. The largest absolute Gasteiger partial charge is 0.497 e. The predicted molar refractivity (Wildman–Crippen MR) is 87.4 cm³/mol. The van der Waals surface area contributed by atoms with Crippen molar-refractivity contribution >= 4 is 12.6 Å². The van der Waals surface area contributed by atoms with Crippen LogP contribution in [0.3, 0.4) is 0 Å². The summed E-state index contributed by atoms with van der Waals surface area (Å²) >= 11 is 0. The Bertz CT molecular complexity index is 770. The number of nitrogens with zero attached hydrogens (tertiary/aromatic N) is 3. The fraction of sp³-hybridized carbons (Fsp3) is 0.125. The lowest BCUT2D eigenvalue weighted by Gasteiger charge is -2.08. The minimum absolute atomic E-state index is 0.447. The number of benzene rings is 2. The molecule has 0 amide bonds. The standard InChI is InChI=1S/C16H16BN3O3/c1-23-15-8-2-12(3-9-15)11-20-16(10-18-19-20)13-4-6-14(7-5-13)17(21)22/h2-10,21-22H,11H2,1H3. The maximum atomic E-state index is 9.15. The fourth-order valence-electron chi connectivity index (χ4n) is 2.33. The molecule has 2 aromatic carbocycles. The molecule has 0 saturated carbocycles. The molecule has 0 radical (unpaired) electrons. The number of methoxy groups -OCH3 is 1. The highest BCUT2D eigenvalue weighted by atomic mass is 16.5. The van der Waals surface area contributed by atoms with Gasteiger partial charge in [-0.3, -0.25) is 0 Å². The van der Waals surface area contributed by atoms with Crippen molar-refractivity contribution in [3.63, 3.8) is 0 Å². The van der Waals surface area contributed by atoms with Crippen molar-refractivity contribution in [3.8, 4) is 17.0 Å². The first-order valence-electron chi connectivity index (χ1n) is 7.15. The maximum absolute atomic E-state index is 9.15. The molecule has 0 spiro atoms. The molecular weight excluding hydrogens is 293 g/mol. The molecule has 0 atom stereocenters. The van der Waals surface area contributed by atoms with Crippen LogP contribution in [0.2, 0.25) is 0 Å². The molecule has 0 bridgehead atoms. The van der Waals surface area contributed by atoms with Gasteiger partial charge in [0.05, 0.1) is 25.5 Å². The van der Waals surface area contributed by atoms with Crippen LogP contribution in [0.4, 0.5) is 0 Å². The van der Waals surface area contributed by atoms with Crippen LogP contribution in [-0.2, 0) is 6.54 Å². The molecule has 1 aromatic heterocycles. The third kappa shape index (κ3) is 3.41. The van der Waals surface area contributed by atoms with Crippen LogP contribution >= 0.6 is 0 Å². The highest BCUT2D eigenvalue weighted by Crippen LogP contribution is 2.19. The van der Waals surface area contributed by atoms with Gasteiger partial charge < -0.3 is 14.8 Å². The summed E-state index contributed by atoms with van der Waals surface area (Å²) in [6.07, 6.45) is 1.69. The van der Waals surface area contributed by atoms with E-state index in [1.165, 1.54) is 0 Å². The van der Waals surface area contributed by atoms with E-state index in [4.69, 9.17) is 14.8 Å². The van der Waals surface area contributed by atoms with E-state index in [0.717, 1.165) is 22.6 Å². The number of ether oxygens (including phenoxy) is 1. The summed E-state index contributed by atoms with van der Waals surface area (Å²) in [6.45, 7) is 0.587. The summed E-state index contributed by atoms with van der Waals surface area (Å²) in [5.74, 6) is 0.811. The van der Waals surface area contributed by atoms with Crippen molar-refractivity contribution in [1.82, 2.24) is 15.0 Å². The second-order valence-electron chi connectivity index (χ2n) is 5.12. The van der Waals surface area contributed by atoms with Crippen LogP contribution in [0.25, 0.3) is 11.3 Å². The van der Waals surface area contributed by atoms with Gasteiger partial charge in [0.1, 0.15) is 5.75 Å². The zero-order chi connectivity index (χ0) is 16.2. The van der Waals surface area contributed by atoms with E-state index < -0.39 is 7.12 Å². The second kappa shape index (κ2) is 6.64. The molecule has 0 aliphatic heterocycles. The molecule has 0 aliphatic rings. The van der Waals surface area contributed by atoms with Gasteiger partial charge in [-0.1, -0.05) is 41.6 Å². The molecule has 0 fully saturated rings. The molecule has 0 unspecified atom stereocenters. The van der Waals surface area contributed by atoms with Crippen molar-refractivity contribution in [3.05, 3.63) is 60.3 Å². The smallest absolute Gasteiger partial charge is 0.488 e. The Hall–Kier alpha value is -2.64. The Morgan fingerprint density at radius 1 is 1.04 bits per heavy atom. The summed E-state index contributed by atoms with van der Waals surface area (Å²) in [5.41, 5.74) is 3.30. The summed E-state index contributed by atoms with van der Waals surface area (Å²) in [7, 11) is 0.170. The van der Waals surface area contributed by atoms with Crippen molar-refractivity contribution in [1.29, 1.82) is 0 Å². The van der Waals surface area contributed by atoms with Crippen molar-refractivity contribution in [2.24, 2.45) is 0 Å². The highest BCUT2D eigenvalue weighted by molar-refractivity contribution is 6.58. The Morgan fingerprint density at radius 2 is 1.74 bits per heavy atom. The average Bonchev–Trinajstić information content (AvgIpc) is 3.04. The summed E-state index contributed by atoms with van der Waals surface area (Å²) in [6, 6.07) is 14.8. The summed E-state index contributed by atoms with van der Waals surface area (Å²) in [4.78, 5) is 0. The van der Waals surface area contributed by atoms with E-state index in [2.05, 4.69) is 10.3 Å². The molecule has 2 N–H and O–H groups in total. The molecule has 7 heteroatoms. The topological polar surface area (TPSA) is 80.4 Å². The SMILES string of the molecule is COc1ccc(Cn2nncc2-c2ccc(B(O)O)cc2)cc1. The lowest BCUT2D eigenvalue weighted by molar-refractivity contribution is 0.414. The molecule has 1 heterocycles. The first-order valence-corrected chi connectivity index (χ1v) is 7.15. The van der Waals surface area contributed by atoms with Crippen LogP contribution in [0.5, 0.6) is 5.75 Å². The van der Waals surface area contributed by atoms with Crippen LogP contribution in [0, 0.1) is 0 Å². The molecule has 3 aromatic rings.